The minimum absolute atomic E-state index is 0.0654. The van der Waals surface area contributed by atoms with Crippen LogP contribution in [0.15, 0.2) is 158 Å². The molecule has 10 heteroatoms. The molecule has 0 fully saturated rings. The number of benzene rings is 7. The van der Waals surface area contributed by atoms with E-state index in [9.17, 15) is 9.59 Å². The predicted molar refractivity (Wildman–Crippen MR) is 480 cm³/mol. The monoisotopic (exact) mass is 1600 g/mol. The maximum Gasteiger partial charge on any atom is 0.517 e. The normalized spacial score (nSPS) is 16.2. The smallest absolute Gasteiger partial charge is 0.494 e. The fourth-order valence-corrected chi connectivity index (χ4v) is 14.4. The van der Waals surface area contributed by atoms with Crippen molar-refractivity contribution >= 4 is 46.9 Å². The van der Waals surface area contributed by atoms with Gasteiger partial charge in [-0.3, -0.25) is 0 Å². The van der Waals surface area contributed by atoms with E-state index < -0.39 is 16.1 Å². The molecule has 7 aromatic rings. The Kier molecular flexibility index (Phi) is 45.6. The molecule has 9 aliphatic rings. The van der Waals surface area contributed by atoms with Gasteiger partial charge in [0.05, 0.1) is 25.4 Å². The van der Waals surface area contributed by atoms with Gasteiger partial charge in [0.2, 0.25) is 0 Å². The van der Waals surface area contributed by atoms with Crippen LogP contribution in [0.3, 0.4) is 0 Å². The van der Waals surface area contributed by atoms with Crippen molar-refractivity contribution in [2.24, 2.45) is 0 Å². The zero-order valence-electron chi connectivity index (χ0n) is 68.7. The summed E-state index contributed by atoms with van der Waals surface area (Å²) in [6.07, 6.45) is 56.1. The number of alkyl halides is 3. The summed E-state index contributed by atoms with van der Waals surface area (Å²) in [4.78, 5) is 26.8. The molecule has 0 saturated heterocycles. The maximum atomic E-state index is 13.5. The lowest BCUT2D eigenvalue weighted by molar-refractivity contribution is 0.0526. The van der Waals surface area contributed by atoms with Gasteiger partial charge in [0.25, 0.3) is 0 Å². The van der Waals surface area contributed by atoms with Gasteiger partial charge in [-0.2, -0.15) is 0 Å². The molecule has 7 nitrogen and oxygen atoms in total. The first kappa shape index (κ1) is 91.6. The van der Waals surface area contributed by atoms with Crippen LogP contribution in [0.1, 0.15) is 344 Å². The summed E-state index contributed by atoms with van der Waals surface area (Å²) in [6, 6.07) is 50.1. The Bertz CT molecular complexity index is 4070. The first-order chi connectivity index (χ1) is 56.5. The maximum absolute atomic E-state index is 13.5. The quantitative estimate of drug-likeness (QED) is 0.0755. The summed E-state index contributed by atoms with van der Waals surface area (Å²) in [7, 11) is 0. The minimum Gasteiger partial charge on any atom is -0.494 e. The van der Waals surface area contributed by atoms with Crippen LogP contribution >= 0.6 is 34.8 Å². The van der Waals surface area contributed by atoms with E-state index in [1.54, 1.807) is 19.1 Å². The van der Waals surface area contributed by atoms with Crippen LogP contribution in [0.4, 0.5) is 4.79 Å². The Morgan fingerprint density at radius 1 is 0.322 bits per heavy atom. The minimum atomic E-state index is -2.40. The van der Waals surface area contributed by atoms with Crippen LogP contribution in [-0.2, 0) is 9.47 Å². The second kappa shape index (κ2) is 57.2. The van der Waals surface area contributed by atoms with E-state index in [1.807, 2.05) is 121 Å². The highest BCUT2D eigenvalue weighted by Crippen LogP contribution is 2.42. The van der Waals surface area contributed by atoms with Crippen LogP contribution in [0.2, 0.25) is 0 Å². The third kappa shape index (κ3) is 40.5. The summed E-state index contributed by atoms with van der Waals surface area (Å²) in [5.41, 5.74) is 9.37. The molecule has 0 atom stereocenters. The lowest BCUT2D eigenvalue weighted by Gasteiger charge is -2.18. The van der Waals surface area contributed by atoms with Crippen LogP contribution in [0, 0.1) is 71.0 Å². The second-order valence-electron chi connectivity index (χ2n) is 30.5. The molecule has 0 aliphatic carbocycles. The fraction of sp³-hybridized carbons (Fsp3) is 0.467. The van der Waals surface area contributed by atoms with Crippen molar-refractivity contribution in [3.8, 4) is 111 Å². The average Bonchev–Trinajstić information content (AvgIpc) is 0.774. The van der Waals surface area contributed by atoms with Crippen LogP contribution in [0.25, 0.3) is 22.3 Å². The fourth-order valence-electron chi connectivity index (χ4n) is 14.3. The number of fused-ring (bicyclic) bond motifs is 2. The average molecular weight is 1600 g/mol. The molecule has 115 heavy (non-hydrogen) atoms. The molecule has 9 heterocycles. The van der Waals surface area contributed by atoms with Crippen molar-refractivity contribution < 1.29 is 33.3 Å². The van der Waals surface area contributed by atoms with Gasteiger partial charge in [0, 0.05) is 68.5 Å². The second-order valence-corrected chi connectivity index (χ2v) is 32.7. The third-order valence-corrected chi connectivity index (χ3v) is 21.2. The molecule has 7 aromatic carbocycles. The number of halogens is 3. The molecule has 606 valence electrons. The van der Waals surface area contributed by atoms with E-state index in [-0.39, 0.29) is 17.9 Å². The van der Waals surface area contributed by atoms with E-state index in [4.69, 9.17) is 58.5 Å². The molecule has 0 saturated carbocycles. The van der Waals surface area contributed by atoms with Crippen LogP contribution < -0.4 is 14.2 Å². The standard InChI is InChI=1S/C105H123Cl3O7/c1-2-111-103(109)97-85-100-95-75-67-91(68-76-95)63-65-93-71-79-98(80-72-93)112-83-49-43-39-35-31-27-23-19-15-11-7-3-5-9-13-17-21-25-29-33-37-41-45-51-87-55-59-89(60-56-87)53-47-48-54-90-61-57-88(58-62-90)52-46-42-38-34-30-26-22-18-14-10-6-4-8-12-16-20-24-28-32-36-40-44-50-84-113-99-81-73-94(74-82-99)66-64-92-69-77-96(78-70-92)101(86-97)102(100)114-104(110)115-105(106,107)108/h55-62,67-82,85-86H,2-44,49-50,83-84H2,1H3. The molecular weight excluding hydrogens is 1480 g/mol. The zero-order valence-corrected chi connectivity index (χ0v) is 71.0. The van der Waals surface area contributed by atoms with Gasteiger partial charge in [0.15, 0.2) is 0 Å². The largest absolute Gasteiger partial charge is 0.517 e. The predicted octanol–water partition coefficient (Wildman–Crippen LogP) is 29.6. The van der Waals surface area contributed by atoms with Gasteiger partial charge < -0.3 is 23.7 Å². The van der Waals surface area contributed by atoms with Crippen molar-refractivity contribution in [2.75, 3.05) is 19.8 Å². The molecule has 0 radical (unpaired) electrons. The van der Waals surface area contributed by atoms with Gasteiger partial charge in [-0.25, -0.2) is 9.59 Å². The number of esters is 1. The highest BCUT2D eigenvalue weighted by atomic mass is 35.6. The molecule has 0 amide bonds. The van der Waals surface area contributed by atoms with Gasteiger partial charge in [-0.1, -0.05) is 327 Å². The van der Waals surface area contributed by atoms with Gasteiger partial charge in [-0.15, -0.1) is 0 Å². The molecule has 0 N–H and O–H groups in total. The summed E-state index contributed by atoms with van der Waals surface area (Å²) in [5, 5.41) is 0. The summed E-state index contributed by atoms with van der Waals surface area (Å²) in [6.45, 7) is 3.27. The van der Waals surface area contributed by atoms with E-state index in [2.05, 4.69) is 95.3 Å². The van der Waals surface area contributed by atoms with Crippen molar-refractivity contribution in [1.82, 2.24) is 0 Å². The highest BCUT2D eigenvalue weighted by molar-refractivity contribution is 6.66. The molecule has 16 rings (SSSR count). The SMILES string of the molecule is CCOC(=O)c1cc2c(OC(=O)OC(Cl)(Cl)Cl)c(c1)-c1ccc(cc1)C#Cc1ccc(cc1)OCCCCCCCCCCCCCCCCCCCCCCCC#Cc1ccc(cc1)C#CC#Cc1ccc(cc1)C#CCCCCCCCCCCCCCCCCCCCCCCCOc1ccc(cc1)C#Cc1ccc-2cc1. The van der Waals surface area contributed by atoms with E-state index in [1.165, 1.54) is 257 Å². The Balaban J connectivity index is 0.758. The Hall–Kier alpha value is -8.89. The summed E-state index contributed by atoms with van der Waals surface area (Å²) < 4.78 is 26.2. The Labute approximate surface area is 707 Å². The Morgan fingerprint density at radius 2 is 0.565 bits per heavy atom. The number of carbonyl (C=O) groups excluding carboxylic acids is 2. The lowest BCUT2D eigenvalue weighted by Crippen LogP contribution is -2.20. The number of rotatable bonds is 3. The van der Waals surface area contributed by atoms with Crippen LogP contribution in [-0.4, -0.2) is 35.9 Å². The first-order valence-electron chi connectivity index (χ1n) is 43.8. The van der Waals surface area contributed by atoms with Crippen LogP contribution in [0.5, 0.6) is 17.2 Å². The topological polar surface area (TPSA) is 80.3 Å². The molecule has 0 unspecified atom stereocenters. The lowest BCUT2D eigenvalue weighted by atomic mass is 9.93. The van der Waals surface area contributed by atoms with Crippen molar-refractivity contribution in [3.63, 3.8) is 0 Å². The van der Waals surface area contributed by atoms with Gasteiger partial charge in [0.1, 0.15) is 17.2 Å². The number of hydrogen-bond acceptors (Lipinski definition) is 7. The highest BCUT2D eigenvalue weighted by Gasteiger charge is 2.29. The number of carbonyl (C=O) groups is 2. The summed E-state index contributed by atoms with van der Waals surface area (Å²) >= 11 is 17.7. The van der Waals surface area contributed by atoms with Gasteiger partial charge in [-0.05, 0) is 224 Å². The molecule has 0 spiro atoms. The van der Waals surface area contributed by atoms with Crippen molar-refractivity contribution in [2.45, 2.75) is 293 Å². The third-order valence-electron chi connectivity index (χ3n) is 20.9. The van der Waals surface area contributed by atoms with E-state index in [0.29, 0.717) is 35.5 Å². The first-order valence-corrected chi connectivity index (χ1v) is 44.9. The molecule has 14 bridgehead atoms. The number of hydrogen-bond donors (Lipinski definition) is 0. The number of ether oxygens (including phenoxy) is 5. The Morgan fingerprint density at radius 3 is 0.843 bits per heavy atom. The zero-order chi connectivity index (χ0) is 80.5. The van der Waals surface area contributed by atoms with E-state index in [0.717, 1.165) is 81.7 Å². The van der Waals surface area contributed by atoms with E-state index >= 15 is 0 Å². The van der Waals surface area contributed by atoms with Crippen molar-refractivity contribution in [3.05, 3.63) is 208 Å². The molecule has 0 aromatic heterocycles. The summed E-state index contributed by atoms with van der Waals surface area (Å²) in [5.74, 6) is 40.1. The van der Waals surface area contributed by atoms with Gasteiger partial charge >= 0.3 is 16.1 Å². The van der Waals surface area contributed by atoms with Crippen molar-refractivity contribution in [1.29, 1.82) is 0 Å². The molecular formula is C105H123Cl3O7. The molecule has 9 aliphatic heterocycles.